The van der Waals surface area contributed by atoms with E-state index in [0.29, 0.717) is 0 Å². The van der Waals surface area contributed by atoms with Crippen LogP contribution in [0.25, 0.3) is 0 Å². The Morgan fingerprint density at radius 2 is 2.08 bits per heavy atom. The van der Waals surface area contributed by atoms with E-state index in [9.17, 15) is 5.11 Å². The monoisotopic (exact) mass is 187 g/mol. The summed E-state index contributed by atoms with van der Waals surface area (Å²) in [7, 11) is 2.07. The zero-order chi connectivity index (χ0) is 9.68. The van der Waals surface area contributed by atoms with E-state index >= 15 is 0 Å². The van der Waals surface area contributed by atoms with Gasteiger partial charge < -0.3 is 14.7 Å². The molecule has 0 amide bonds. The molecule has 1 heterocycles. The minimum Gasteiger partial charge on any atom is -0.392 e. The fraction of sp³-hybridized carbons (Fsp3) is 1.00. The van der Waals surface area contributed by atoms with Crippen LogP contribution < -0.4 is 0 Å². The minimum absolute atomic E-state index is 0.218. The summed E-state index contributed by atoms with van der Waals surface area (Å²) in [5.74, 6) is 0.762. The van der Waals surface area contributed by atoms with Gasteiger partial charge in [0.05, 0.1) is 6.10 Å². The maximum Gasteiger partial charge on any atom is 0.0638 e. The molecule has 0 spiro atoms. The highest BCUT2D eigenvalue weighted by molar-refractivity contribution is 4.68. The van der Waals surface area contributed by atoms with Gasteiger partial charge in [0.1, 0.15) is 0 Å². The number of hydrogen-bond acceptors (Lipinski definition) is 3. The van der Waals surface area contributed by atoms with Gasteiger partial charge in [0.2, 0.25) is 0 Å². The molecule has 1 N–H and O–H groups in total. The molecule has 3 heteroatoms. The second-order valence-electron chi connectivity index (χ2n) is 4.13. The number of aliphatic hydroxyl groups is 1. The lowest BCUT2D eigenvalue weighted by atomic mass is 10.00. The van der Waals surface area contributed by atoms with E-state index < -0.39 is 0 Å². The summed E-state index contributed by atoms with van der Waals surface area (Å²) >= 11 is 0. The molecule has 78 valence electrons. The summed E-state index contributed by atoms with van der Waals surface area (Å²) in [5, 5.41) is 9.19. The third kappa shape index (κ3) is 4.60. The van der Waals surface area contributed by atoms with Crippen molar-refractivity contribution in [2.24, 2.45) is 5.92 Å². The molecule has 3 nitrogen and oxygen atoms in total. The number of aliphatic hydroxyl groups excluding tert-OH is 1. The number of ether oxygens (including phenoxy) is 1. The average molecular weight is 187 g/mol. The smallest absolute Gasteiger partial charge is 0.0638 e. The van der Waals surface area contributed by atoms with Crippen molar-refractivity contribution in [3.8, 4) is 0 Å². The molecular formula is C10H21NO2. The summed E-state index contributed by atoms with van der Waals surface area (Å²) < 4.78 is 5.29. The van der Waals surface area contributed by atoms with Gasteiger partial charge in [-0.3, -0.25) is 0 Å². The highest BCUT2D eigenvalue weighted by Gasteiger charge is 2.15. The first-order chi connectivity index (χ1) is 6.18. The van der Waals surface area contributed by atoms with Crippen LogP contribution >= 0.6 is 0 Å². The topological polar surface area (TPSA) is 32.7 Å². The summed E-state index contributed by atoms with van der Waals surface area (Å²) in [4.78, 5) is 2.21. The molecule has 0 aromatic heterocycles. The highest BCUT2D eigenvalue weighted by Crippen LogP contribution is 2.15. The second kappa shape index (κ2) is 5.58. The van der Waals surface area contributed by atoms with Crippen molar-refractivity contribution in [1.29, 1.82) is 0 Å². The summed E-state index contributed by atoms with van der Waals surface area (Å²) in [5.41, 5.74) is 0. The molecule has 1 saturated heterocycles. The summed E-state index contributed by atoms with van der Waals surface area (Å²) in [6.45, 7) is 5.52. The average Bonchev–Trinajstić information content (AvgIpc) is 2.04. The number of likely N-dealkylation sites (N-methyl/N-ethyl adjacent to an activating group) is 1. The van der Waals surface area contributed by atoms with Gasteiger partial charge >= 0.3 is 0 Å². The number of nitrogens with zero attached hydrogens (tertiary/aromatic N) is 1. The molecule has 0 aromatic rings. The molecule has 1 fully saturated rings. The maximum absolute atomic E-state index is 9.19. The van der Waals surface area contributed by atoms with Gasteiger partial charge in [-0.15, -0.1) is 0 Å². The Morgan fingerprint density at radius 1 is 1.46 bits per heavy atom. The van der Waals surface area contributed by atoms with Crippen molar-refractivity contribution in [1.82, 2.24) is 4.90 Å². The van der Waals surface area contributed by atoms with Crippen molar-refractivity contribution in [2.75, 3.05) is 33.4 Å². The molecule has 0 radical (unpaired) electrons. The Morgan fingerprint density at radius 3 is 2.62 bits per heavy atom. The van der Waals surface area contributed by atoms with Gasteiger partial charge in [0.25, 0.3) is 0 Å². The van der Waals surface area contributed by atoms with Crippen molar-refractivity contribution in [3.05, 3.63) is 0 Å². The second-order valence-corrected chi connectivity index (χ2v) is 4.13. The van der Waals surface area contributed by atoms with Gasteiger partial charge in [0, 0.05) is 26.3 Å². The molecule has 0 bridgehead atoms. The molecule has 1 aliphatic rings. The third-order valence-electron chi connectivity index (χ3n) is 2.49. The Labute approximate surface area is 80.7 Å². The summed E-state index contributed by atoms with van der Waals surface area (Å²) in [6, 6.07) is 0. The number of rotatable bonds is 4. The molecule has 1 atom stereocenters. The lowest BCUT2D eigenvalue weighted by Gasteiger charge is -2.27. The SMILES string of the molecule is C[C@H](O)CN(C)CC1CCOCC1. The van der Waals surface area contributed by atoms with Crippen LogP contribution in [0.1, 0.15) is 19.8 Å². The molecule has 0 aromatic carbocycles. The zero-order valence-corrected chi connectivity index (χ0v) is 8.70. The molecule has 13 heavy (non-hydrogen) atoms. The fourth-order valence-corrected chi connectivity index (χ4v) is 1.90. The van der Waals surface area contributed by atoms with E-state index in [1.54, 1.807) is 0 Å². The Hall–Kier alpha value is -0.120. The van der Waals surface area contributed by atoms with Crippen molar-refractivity contribution >= 4 is 0 Å². The fourth-order valence-electron chi connectivity index (χ4n) is 1.90. The minimum atomic E-state index is -0.218. The van der Waals surface area contributed by atoms with Crippen LogP contribution in [0.15, 0.2) is 0 Å². The summed E-state index contributed by atoms with van der Waals surface area (Å²) in [6.07, 6.45) is 2.12. The Kier molecular flexibility index (Phi) is 4.70. The van der Waals surface area contributed by atoms with Crippen LogP contribution in [-0.2, 0) is 4.74 Å². The standard InChI is InChI=1S/C10H21NO2/c1-9(12)7-11(2)8-10-3-5-13-6-4-10/h9-10,12H,3-8H2,1-2H3/t9-/m0/s1. The highest BCUT2D eigenvalue weighted by atomic mass is 16.5. The van der Waals surface area contributed by atoms with Crippen molar-refractivity contribution in [2.45, 2.75) is 25.9 Å². The normalized spacial score (nSPS) is 22.2. The Balaban J connectivity index is 2.14. The quantitative estimate of drug-likeness (QED) is 0.704. The van der Waals surface area contributed by atoms with E-state index in [1.807, 2.05) is 6.92 Å². The largest absolute Gasteiger partial charge is 0.392 e. The first-order valence-corrected chi connectivity index (χ1v) is 5.13. The van der Waals surface area contributed by atoms with Gasteiger partial charge in [-0.25, -0.2) is 0 Å². The van der Waals surface area contributed by atoms with Gasteiger partial charge in [-0.1, -0.05) is 0 Å². The molecule has 0 saturated carbocycles. The van der Waals surface area contributed by atoms with Crippen LogP contribution in [0.2, 0.25) is 0 Å². The predicted octanol–water partition coefficient (Wildman–Crippen LogP) is 0.726. The molecule has 1 aliphatic heterocycles. The van der Waals surface area contributed by atoms with Crippen LogP contribution in [-0.4, -0.2) is 49.5 Å². The van der Waals surface area contributed by atoms with Crippen LogP contribution in [0.5, 0.6) is 0 Å². The van der Waals surface area contributed by atoms with Crippen LogP contribution in [0.3, 0.4) is 0 Å². The number of hydrogen-bond donors (Lipinski definition) is 1. The molecule has 0 aliphatic carbocycles. The molecular weight excluding hydrogens is 166 g/mol. The first-order valence-electron chi connectivity index (χ1n) is 5.13. The lowest BCUT2D eigenvalue weighted by Crippen LogP contribution is -2.33. The van der Waals surface area contributed by atoms with E-state index in [1.165, 1.54) is 12.8 Å². The Bertz CT molecular complexity index is 133. The molecule has 0 unspecified atom stereocenters. The van der Waals surface area contributed by atoms with Crippen LogP contribution in [0, 0.1) is 5.92 Å². The van der Waals surface area contributed by atoms with Crippen molar-refractivity contribution in [3.63, 3.8) is 0 Å². The zero-order valence-electron chi connectivity index (χ0n) is 8.70. The van der Waals surface area contributed by atoms with E-state index in [2.05, 4.69) is 11.9 Å². The van der Waals surface area contributed by atoms with Crippen molar-refractivity contribution < 1.29 is 9.84 Å². The first kappa shape index (κ1) is 11.0. The van der Waals surface area contributed by atoms with E-state index in [0.717, 1.165) is 32.2 Å². The lowest BCUT2D eigenvalue weighted by molar-refractivity contribution is 0.0495. The van der Waals surface area contributed by atoms with Gasteiger partial charge in [-0.2, -0.15) is 0 Å². The van der Waals surface area contributed by atoms with E-state index in [-0.39, 0.29) is 6.10 Å². The maximum atomic E-state index is 9.19. The predicted molar refractivity (Wildman–Crippen MR) is 52.7 cm³/mol. The van der Waals surface area contributed by atoms with E-state index in [4.69, 9.17) is 4.74 Å². The van der Waals surface area contributed by atoms with Crippen LogP contribution in [0.4, 0.5) is 0 Å². The van der Waals surface area contributed by atoms with Gasteiger partial charge in [-0.05, 0) is 32.7 Å². The third-order valence-corrected chi connectivity index (χ3v) is 2.49. The van der Waals surface area contributed by atoms with Gasteiger partial charge in [0.15, 0.2) is 0 Å². The molecule has 1 rings (SSSR count).